The van der Waals surface area contributed by atoms with Crippen LogP contribution in [0.2, 0.25) is 0 Å². The van der Waals surface area contributed by atoms with Gasteiger partial charge < -0.3 is 4.74 Å². The summed E-state index contributed by atoms with van der Waals surface area (Å²) in [5.41, 5.74) is 0.700. The summed E-state index contributed by atoms with van der Waals surface area (Å²) in [5.74, 6) is 0.211. The van der Waals surface area contributed by atoms with Gasteiger partial charge in [0.25, 0.3) is 0 Å². The van der Waals surface area contributed by atoms with Gasteiger partial charge in [-0.25, -0.2) is 4.79 Å². The minimum atomic E-state index is -0.171. The van der Waals surface area contributed by atoms with Crippen molar-refractivity contribution in [1.29, 1.82) is 0 Å². The van der Waals surface area contributed by atoms with Gasteiger partial charge in [-0.15, -0.1) is 0 Å². The fourth-order valence-corrected chi connectivity index (χ4v) is 2.02. The molecule has 1 aliphatic carbocycles. The molecule has 1 saturated carbocycles. The van der Waals surface area contributed by atoms with Crippen molar-refractivity contribution in [3.05, 3.63) is 12.2 Å². The van der Waals surface area contributed by atoms with Crippen LogP contribution in [0.3, 0.4) is 0 Å². The summed E-state index contributed by atoms with van der Waals surface area (Å²) in [6, 6.07) is 0. The molecule has 0 aromatic rings. The second-order valence-electron chi connectivity index (χ2n) is 4.35. The van der Waals surface area contributed by atoms with E-state index in [0.29, 0.717) is 18.1 Å². The van der Waals surface area contributed by atoms with Crippen molar-refractivity contribution in [2.24, 2.45) is 5.92 Å². The molecule has 0 bridgehead atoms. The Kier molecular flexibility index (Phi) is 5.44. The average molecular weight is 210 g/mol. The molecule has 0 atom stereocenters. The first-order valence-electron chi connectivity index (χ1n) is 6.11. The van der Waals surface area contributed by atoms with Gasteiger partial charge in [-0.1, -0.05) is 39.2 Å². The summed E-state index contributed by atoms with van der Waals surface area (Å²) in [4.78, 5) is 11.6. The normalized spacial score (nSPS) is 17.4. The Bertz CT molecular complexity index is 215. The van der Waals surface area contributed by atoms with E-state index in [4.69, 9.17) is 4.74 Å². The first-order chi connectivity index (χ1) is 7.25. The summed E-state index contributed by atoms with van der Waals surface area (Å²) in [5, 5.41) is 0. The van der Waals surface area contributed by atoms with Crippen LogP contribution in [-0.2, 0) is 9.53 Å². The highest BCUT2D eigenvalue weighted by molar-refractivity contribution is 5.88. The zero-order valence-corrected chi connectivity index (χ0v) is 9.76. The van der Waals surface area contributed by atoms with Gasteiger partial charge in [-0.05, 0) is 25.2 Å². The number of unbranched alkanes of at least 4 members (excludes halogenated alkanes) is 1. The summed E-state index contributed by atoms with van der Waals surface area (Å²) in [6.07, 6.45) is 7.99. The van der Waals surface area contributed by atoms with Gasteiger partial charge in [0.1, 0.15) is 0 Å². The lowest BCUT2D eigenvalue weighted by Gasteiger charge is -2.22. The lowest BCUT2D eigenvalue weighted by Crippen LogP contribution is -2.17. The fourth-order valence-electron chi connectivity index (χ4n) is 2.02. The second kappa shape index (κ2) is 6.65. The SMILES string of the molecule is C=C(C(=O)OCCCC)C1CCCCC1. The van der Waals surface area contributed by atoms with Gasteiger partial charge in [0.15, 0.2) is 0 Å². The lowest BCUT2D eigenvalue weighted by atomic mass is 9.84. The molecule has 2 nitrogen and oxygen atoms in total. The lowest BCUT2D eigenvalue weighted by molar-refractivity contribution is -0.139. The van der Waals surface area contributed by atoms with E-state index in [9.17, 15) is 4.79 Å². The number of carbonyl (C=O) groups excluding carboxylic acids is 1. The van der Waals surface area contributed by atoms with Crippen molar-refractivity contribution < 1.29 is 9.53 Å². The molecule has 0 radical (unpaired) electrons. The van der Waals surface area contributed by atoms with Crippen LogP contribution < -0.4 is 0 Å². The highest BCUT2D eigenvalue weighted by Crippen LogP contribution is 2.29. The number of esters is 1. The van der Waals surface area contributed by atoms with Crippen molar-refractivity contribution in [2.45, 2.75) is 51.9 Å². The maximum Gasteiger partial charge on any atom is 0.333 e. The molecule has 0 aromatic carbocycles. The Morgan fingerprint density at radius 1 is 1.33 bits per heavy atom. The van der Waals surface area contributed by atoms with Gasteiger partial charge in [0, 0.05) is 5.57 Å². The Hall–Kier alpha value is -0.790. The Balaban J connectivity index is 2.28. The van der Waals surface area contributed by atoms with E-state index in [1.165, 1.54) is 19.3 Å². The largest absolute Gasteiger partial charge is 0.462 e. The molecule has 86 valence electrons. The summed E-state index contributed by atoms with van der Waals surface area (Å²) < 4.78 is 5.16. The maximum atomic E-state index is 11.6. The molecule has 15 heavy (non-hydrogen) atoms. The molecule has 0 N–H and O–H groups in total. The fraction of sp³-hybridized carbons (Fsp3) is 0.769. The molecule has 2 heteroatoms. The minimum Gasteiger partial charge on any atom is -0.462 e. The van der Waals surface area contributed by atoms with Crippen LogP contribution >= 0.6 is 0 Å². The molecule has 1 aliphatic rings. The third-order valence-corrected chi connectivity index (χ3v) is 3.09. The molecular formula is C13H22O2. The third kappa shape index (κ3) is 4.06. The Morgan fingerprint density at radius 3 is 2.60 bits per heavy atom. The van der Waals surface area contributed by atoms with Crippen LogP contribution in [0.1, 0.15) is 51.9 Å². The molecule has 0 spiro atoms. The second-order valence-corrected chi connectivity index (χ2v) is 4.35. The van der Waals surface area contributed by atoms with Crippen molar-refractivity contribution >= 4 is 5.97 Å². The van der Waals surface area contributed by atoms with E-state index < -0.39 is 0 Å². The molecule has 1 rings (SSSR count). The van der Waals surface area contributed by atoms with E-state index in [1.807, 2.05) is 0 Å². The third-order valence-electron chi connectivity index (χ3n) is 3.09. The number of rotatable bonds is 5. The first-order valence-corrected chi connectivity index (χ1v) is 6.11. The molecule has 0 aromatic heterocycles. The first kappa shape index (κ1) is 12.3. The highest BCUT2D eigenvalue weighted by Gasteiger charge is 2.21. The zero-order valence-electron chi connectivity index (χ0n) is 9.76. The smallest absolute Gasteiger partial charge is 0.333 e. The van der Waals surface area contributed by atoms with E-state index in [1.54, 1.807) is 0 Å². The number of hydrogen-bond donors (Lipinski definition) is 0. The average Bonchev–Trinajstić information content (AvgIpc) is 2.29. The minimum absolute atomic E-state index is 0.171. The van der Waals surface area contributed by atoms with Crippen LogP contribution in [-0.4, -0.2) is 12.6 Å². The monoisotopic (exact) mass is 210 g/mol. The Morgan fingerprint density at radius 2 is 2.00 bits per heavy atom. The van der Waals surface area contributed by atoms with Gasteiger partial charge in [-0.3, -0.25) is 0 Å². The highest BCUT2D eigenvalue weighted by atomic mass is 16.5. The predicted molar refractivity (Wildman–Crippen MR) is 61.6 cm³/mol. The van der Waals surface area contributed by atoms with Crippen LogP contribution in [0.15, 0.2) is 12.2 Å². The molecule has 0 heterocycles. The van der Waals surface area contributed by atoms with Crippen molar-refractivity contribution in [2.75, 3.05) is 6.61 Å². The number of ether oxygens (including phenoxy) is 1. The molecular weight excluding hydrogens is 188 g/mol. The molecule has 0 amide bonds. The Labute approximate surface area is 92.7 Å². The molecule has 0 unspecified atom stereocenters. The predicted octanol–water partition coefficient (Wildman–Crippen LogP) is 3.47. The number of carbonyl (C=O) groups is 1. The summed E-state index contributed by atoms with van der Waals surface area (Å²) in [6.45, 7) is 6.51. The van der Waals surface area contributed by atoms with E-state index in [2.05, 4.69) is 13.5 Å². The molecule has 0 aliphatic heterocycles. The van der Waals surface area contributed by atoms with E-state index in [0.717, 1.165) is 25.7 Å². The summed E-state index contributed by atoms with van der Waals surface area (Å²) in [7, 11) is 0. The maximum absolute atomic E-state index is 11.6. The molecule has 0 saturated heterocycles. The van der Waals surface area contributed by atoms with Crippen LogP contribution in [0, 0.1) is 5.92 Å². The van der Waals surface area contributed by atoms with E-state index >= 15 is 0 Å². The number of hydrogen-bond acceptors (Lipinski definition) is 2. The quantitative estimate of drug-likeness (QED) is 0.394. The summed E-state index contributed by atoms with van der Waals surface area (Å²) >= 11 is 0. The van der Waals surface area contributed by atoms with E-state index in [-0.39, 0.29) is 5.97 Å². The van der Waals surface area contributed by atoms with Gasteiger partial charge >= 0.3 is 5.97 Å². The van der Waals surface area contributed by atoms with Crippen LogP contribution in [0.4, 0.5) is 0 Å². The topological polar surface area (TPSA) is 26.3 Å². The molecule has 1 fully saturated rings. The van der Waals surface area contributed by atoms with Gasteiger partial charge in [0.2, 0.25) is 0 Å². The van der Waals surface area contributed by atoms with Crippen molar-refractivity contribution in [1.82, 2.24) is 0 Å². The zero-order chi connectivity index (χ0) is 11.1. The van der Waals surface area contributed by atoms with Crippen molar-refractivity contribution in [3.63, 3.8) is 0 Å². The van der Waals surface area contributed by atoms with Gasteiger partial charge in [-0.2, -0.15) is 0 Å². The standard InChI is InChI=1S/C13H22O2/c1-3-4-10-15-13(14)11(2)12-8-6-5-7-9-12/h12H,2-10H2,1H3. The van der Waals surface area contributed by atoms with Gasteiger partial charge in [0.05, 0.1) is 6.61 Å². The van der Waals surface area contributed by atoms with Crippen LogP contribution in [0.25, 0.3) is 0 Å². The van der Waals surface area contributed by atoms with Crippen molar-refractivity contribution in [3.8, 4) is 0 Å². The van der Waals surface area contributed by atoms with Crippen LogP contribution in [0.5, 0.6) is 0 Å².